The zero-order valence-electron chi connectivity index (χ0n) is 21.3. The average molecular weight is 514 g/mol. The monoisotopic (exact) mass is 513 g/mol. The summed E-state index contributed by atoms with van der Waals surface area (Å²) in [5.74, 6) is 0.513. The van der Waals surface area contributed by atoms with Gasteiger partial charge in [0.1, 0.15) is 12.4 Å². The van der Waals surface area contributed by atoms with E-state index in [1.54, 1.807) is 29.2 Å². The number of nitrogens with zero attached hydrogens (tertiary/aromatic N) is 2. The standard InChI is InChI=1S/C33H27N3O3/c37-32(35-20-23-6-2-1-3-7-23)24-10-12-25(13-11-24)33(38)36-16-17-39-31-15-14-26(18-29(31)22-36)28-19-27-8-4-5-9-30(27)34-21-28/h1-15,18-19,21H,16-17,20,22H2,(H,35,37). The summed E-state index contributed by atoms with van der Waals surface area (Å²) in [5, 5.41) is 4.00. The molecule has 1 aliphatic heterocycles. The van der Waals surface area contributed by atoms with Crippen LogP contribution in [0.2, 0.25) is 0 Å². The van der Waals surface area contributed by atoms with Gasteiger partial charge in [0, 0.05) is 46.9 Å². The first-order chi connectivity index (χ1) is 19.1. The molecule has 0 atom stereocenters. The molecule has 2 amide bonds. The average Bonchev–Trinajstić information content (AvgIpc) is 3.22. The van der Waals surface area contributed by atoms with Crippen molar-refractivity contribution >= 4 is 22.7 Å². The van der Waals surface area contributed by atoms with Gasteiger partial charge < -0.3 is 15.0 Å². The summed E-state index contributed by atoms with van der Waals surface area (Å²) in [7, 11) is 0. The molecule has 6 heteroatoms. The number of amides is 2. The first-order valence-electron chi connectivity index (χ1n) is 13.0. The number of fused-ring (bicyclic) bond motifs is 2. The third kappa shape index (κ3) is 5.36. The summed E-state index contributed by atoms with van der Waals surface area (Å²) >= 11 is 0. The van der Waals surface area contributed by atoms with E-state index >= 15 is 0 Å². The number of pyridine rings is 1. The molecule has 2 heterocycles. The van der Waals surface area contributed by atoms with Gasteiger partial charge >= 0.3 is 0 Å². The third-order valence-corrected chi connectivity index (χ3v) is 6.94. The van der Waals surface area contributed by atoms with E-state index in [0.717, 1.165) is 38.9 Å². The second kappa shape index (κ2) is 10.8. The Morgan fingerprint density at radius 1 is 0.821 bits per heavy atom. The fourth-order valence-corrected chi connectivity index (χ4v) is 4.80. The Bertz CT molecular complexity index is 1650. The zero-order valence-corrected chi connectivity index (χ0v) is 21.3. The van der Waals surface area contributed by atoms with E-state index in [0.29, 0.717) is 37.4 Å². The minimum atomic E-state index is -0.175. The van der Waals surface area contributed by atoms with E-state index in [9.17, 15) is 9.59 Å². The van der Waals surface area contributed by atoms with Crippen LogP contribution in [0.5, 0.6) is 5.75 Å². The molecule has 39 heavy (non-hydrogen) atoms. The van der Waals surface area contributed by atoms with Crippen molar-refractivity contribution in [2.75, 3.05) is 13.2 Å². The Labute approximate surface area is 226 Å². The molecule has 0 saturated heterocycles. The highest BCUT2D eigenvalue weighted by molar-refractivity contribution is 5.98. The molecule has 6 rings (SSSR count). The van der Waals surface area contributed by atoms with Crippen molar-refractivity contribution in [3.63, 3.8) is 0 Å². The second-order valence-electron chi connectivity index (χ2n) is 9.56. The van der Waals surface area contributed by atoms with E-state index in [1.807, 2.05) is 66.9 Å². The normalized spacial score (nSPS) is 12.8. The lowest BCUT2D eigenvalue weighted by molar-refractivity contribution is 0.0732. The topological polar surface area (TPSA) is 71.5 Å². The van der Waals surface area contributed by atoms with Gasteiger partial charge in [-0.1, -0.05) is 54.6 Å². The Kier molecular flexibility index (Phi) is 6.75. The van der Waals surface area contributed by atoms with Gasteiger partial charge in [0.2, 0.25) is 0 Å². The number of nitrogens with one attached hydrogen (secondary N) is 1. The lowest BCUT2D eigenvalue weighted by atomic mass is 10.0. The van der Waals surface area contributed by atoms with Crippen molar-refractivity contribution in [3.8, 4) is 16.9 Å². The second-order valence-corrected chi connectivity index (χ2v) is 9.56. The molecule has 1 N–H and O–H groups in total. The molecule has 192 valence electrons. The fraction of sp³-hybridized carbons (Fsp3) is 0.121. The maximum absolute atomic E-state index is 13.4. The molecule has 0 saturated carbocycles. The number of carbonyl (C=O) groups is 2. The summed E-state index contributed by atoms with van der Waals surface area (Å²) < 4.78 is 5.98. The van der Waals surface area contributed by atoms with Crippen LogP contribution in [-0.2, 0) is 13.1 Å². The maximum Gasteiger partial charge on any atom is 0.254 e. The molecule has 0 aliphatic carbocycles. The quantitative estimate of drug-likeness (QED) is 0.319. The number of hydrogen-bond acceptors (Lipinski definition) is 4. The van der Waals surface area contributed by atoms with Crippen LogP contribution in [0, 0.1) is 0 Å². The molecule has 0 bridgehead atoms. The SMILES string of the molecule is O=C(NCc1ccccc1)c1ccc(C(=O)N2CCOc3ccc(-c4cnc5ccccc5c4)cc3C2)cc1. The number of carbonyl (C=O) groups excluding carboxylic acids is 2. The number of ether oxygens (including phenoxy) is 1. The third-order valence-electron chi connectivity index (χ3n) is 6.94. The predicted octanol–water partition coefficient (Wildman–Crippen LogP) is 5.87. The molecule has 1 aliphatic rings. The van der Waals surface area contributed by atoms with E-state index in [4.69, 9.17) is 4.74 Å². The Morgan fingerprint density at radius 2 is 1.59 bits per heavy atom. The van der Waals surface area contributed by atoms with Crippen LogP contribution in [0.1, 0.15) is 31.8 Å². The van der Waals surface area contributed by atoms with Gasteiger partial charge in [-0.3, -0.25) is 14.6 Å². The largest absolute Gasteiger partial charge is 0.491 e. The molecular weight excluding hydrogens is 486 g/mol. The van der Waals surface area contributed by atoms with Gasteiger partial charge in [-0.15, -0.1) is 0 Å². The summed E-state index contributed by atoms with van der Waals surface area (Å²) in [5.41, 5.74) is 6.02. The van der Waals surface area contributed by atoms with E-state index in [-0.39, 0.29) is 11.8 Å². The number of para-hydroxylation sites is 1. The molecule has 4 aromatic carbocycles. The lowest BCUT2D eigenvalue weighted by Crippen LogP contribution is -2.32. The predicted molar refractivity (Wildman–Crippen MR) is 151 cm³/mol. The van der Waals surface area contributed by atoms with Crippen molar-refractivity contribution in [1.82, 2.24) is 15.2 Å². The zero-order chi connectivity index (χ0) is 26.6. The van der Waals surface area contributed by atoms with Gasteiger partial charge in [0.25, 0.3) is 11.8 Å². The molecule has 5 aromatic rings. The molecule has 0 radical (unpaired) electrons. The molecule has 0 unspecified atom stereocenters. The summed E-state index contributed by atoms with van der Waals surface area (Å²) in [6.45, 7) is 1.77. The molecule has 1 aromatic heterocycles. The lowest BCUT2D eigenvalue weighted by Gasteiger charge is -2.20. The Morgan fingerprint density at radius 3 is 2.44 bits per heavy atom. The van der Waals surface area contributed by atoms with Crippen LogP contribution in [0.15, 0.2) is 109 Å². The summed E-state index contributed by atoms with van der Waals surface area (Å²) in [4.78, 5) is 32.4. The van der Waals surface area contributed by atoms with Crippen LogP contribution in [0.25, 0.3) is 22.0 Å². The van der Waals surface area contributed by atoms with Crippen molar-refractivity contribution < 1.29 is 14.3 Å². The van der Waals surface area contributed by atoms with E-state index in [1.165, 1.54) is 0 Å². The van der Waals surface area contributed by atoms with Crippen LogP contribution in [0.4, 0.5) is 0 Å². The number of hydrogen-bond donors (Lipinski definition) is 1. The summed E-state index contributed by atoms with van der Waals surface area (Å²) in [6.07, 6.45) is 1.88. The highest BCUT2D eigenvalue weighted by Gasteiger charge is 2.22. The highest BCUT2D eigenvalue weighted by atomic mass is 16.5. The Hall–Kier alpha value is -4.97. The molecular formula is C33H27N3O3. The first kappa shape index (κ1) is 24.4. The van der Waals surface area contributed by atoms with Crippen molar-refractivity contribution in [2.24, 2.45) is 0 Å². The van der Waals surface area contributed by atoms with Crippen LogP contribution >= 0.6 is 0 Å². The smallest absolute Gasteiger partial charge is 0.254 e. The summed E-state index contributed by atoms with van der Waals surface area (Å²) in [6, 6.07) is 32.8. The van der Waals surface area contributed by atoms with Crippen LogP contribution < -0.4 is 10.1 Å². The van der Waals surface area contributed by atoms with Gasteiger partial charge in [-0.25, -0.2) is 0 Å². The Balaban J connectivity index is 1.17. The van der Waals surface area contributed by atoms with Crippen LogP contribution in [0.3, 0.4) is 0 Å². The fourth-order valence-electron chi connectivity index (χ4n) is 4.80. The van der Waals surface area contributed by atoms with Gasteiger partial charge in [0.15, 0.2) is 0 Å². The van der Waals surface area contributed by atoms with Gasteiger partial charge in [-0.05, 0) is 59.7 Å². The number of benzene rings is 4. The maximum atomic E-state index is 13.4. The minimum Gasteiger partial charge on any atom is -0.491 e. The van der Waals surface area contributed by atoms with Gasteiger partial charge in [-0.2, -0.15) is 0 Å². The number of aromatic nitrogens is 1. The van der Waals surface area contributed by atoms with Crippen molar-refractivity contribution in [1.29, 1.82) is 0 Å². The first-order valence-corrected chi connectivity index (χ1v) is 13.0. The number of rotatable bonds is 5. The van der Waals surface area contributed by atoms with Crippen LogP contribution in [-0.4, -0.2) is 34.8 Å². The minimum absolute atomic E-state index is 0.0968. The van der Waals surface area contributed by atoms with Crippen molar-refractivity contribution in [2.45, 2.75) is 13.1 Å². The van der Waals surface area contributed by atoms with E-state index in [2.05, 4.69) is 28.5 Å². The van der Waals surface area contributed by atoms with Gasteiger partial charge in [0.05, 0.1) is 12.1 Å². The van der Waals surface area contributed by atoms with E-state index < -0.39 is 0 Å². The molecule has 6 nitrogen and oxygen atoms in total. The molecule has 0 fully saturated rings. The highest BCUT2D eigenvalue weighted by Crippen LogP contribution is 2.30. The van der Waals surface area contributed by atoms with Crippen molar-refractivity contribution in [3.05, 3.63) is 132 Å². The molecule has 0 spiro atoms.